The second-order valence-corrected chi connectivity index (χ2v) is 5.47. The molecule has 6 heteroatoms. The lowest BCUT2D eigenvalue weighted by molar-refractivity contribution is 0.182. The van der Waals surface area contributed by atoms with E-state index >= 15 is 0 Å². The first-order valence-corrected chi connectivity index (χ1v) is 7.05. The number of hydrogen-bond acceptors (Lipinski definition) is 5. The number of aromatic nitrogens is 1. The van der Waals surface area contributed by atoms with Crippen LogP contribution in [0.25, 0.3) is 0 Å². The van der Waals surface area contributed by atoms with Crippen LogP contribution in [0.1, 0.15) is 28.9 Å². The highest BCUT2D eigenvalue weighted by Crippen LogP contribution is 2.23. The molecule has 0 fully saturated rings. The summed E-state index contributed by atoms with van der Waals surface area (Å²) < 4.78 is 5.04. The summed E-state index contributed by atoms with van der Waals surface area (Å²) >= 11 is 3.35. The average molecular weight is 259 g/mol. The number of hydrogen-bond donors (Lipinski definition) is 2. The van der Waals surface area contributed by atoms with Crippen molar-refractivity contribution in [3.63, 3.8) is 0 Å². The van der Waals surface area contributed by atoms with Gasteiger partial charge >= 0.3 is 0 Å². The molecule has 0 radical (unpaired) electrons. The molecule has 0 saturated heterocycles. The predicted octanol–water partition coefficient (Wildman–Crippen LogP) is 2.22. The molecule has 0 aliphatic carbocycles. The molecular formula is C10H17N3OS2. The highest BCUT2D eigenvalue weighted by atomic mass is 32.2. The van der Waals surface area contributed by atoms with Crippen LogP contribution >= 0.6 is 23.1 Å². The molecule has 3 N–H and O–H groups in total. The number of nitrogen functional groups attached to an aromatic ring is 1. The Balaban J connectivity index is 2.72. The minimum atomic E-state index is 0.0799. The largest absolute Gasteiger partial charge is 0.383 e. The molecule has 1 aromatic heterocycles. The van der Waals surface area contributed by atoms with Gasteiger partial charge in [-0.2, -0.15) is 11.8 Å². The predicted molar refractivity (Wildman–Crippen MR) is 70.3 cm³/mol. The third-order valence-electron chi connectivity index (χ3n) is 1.84. The Morgan fingerprint density at radius 1 is 1.62 bits per heavy atom. The fourth-order valence-electron chi connectivity index (χ4n) is 1.21. The fraction of sp³-hybridized carbons (Fsp3) is 0.600. The number of thiazole rings is 1. The second kappa shape index (κ2) is 6.88. The highest BCUT2D eigenvalue weighted by molar-refractivity contribution is 7.98. The van der Waals surface area contributed by atoms with E-state index in [1.807, 2.05) is 11.8 Å². The van der Waals surface area contributed by atoms with E-state index in [-0.39, 0.29) is 5.84 Å². The van der Waals surface area contributed by atoms with Crippen LogP contribution in [0.3, 0.4) is 0 Å². The van der Waals surface area contributed by atoms with Crippen molar-refractivity contribution in [1.29, 1.82) is 5.41 Å². The first-order valence-electron chi connectivity index (χ1n) is 5.08. The summed E-state index contributed by atoms with van der Waals surface area (Å²) in [6.07, 6.45) is 1.17. The second-order valence-electron chi connectivity index (χ2n) is 3.28. The van der Waals surface area contributed by atoms with Gasteiger partial charge in [-0.05, 0) is 12.2 Å². The fourth-order valence-corrected chi connectivity index (χ4v) is 3.09. The summed E-state index contributed by atoms with van der Waals surface area (Å²) in [5.74, 6) is 2.10. The Morgan fingerprint density at radius 2 is 2.38 bits per heavy atom. The minimum Gasteiger partial charge on any atom is -0.383 e. The molecule has 0 spiro atoms. The van der Waals surface area contributed by atoms with E-state index in [1.54, 1.807) is 7.11 Å². The molecule has 1 aromatic rings. The zero-order valence-corrected chi connectivity index (χ0v) is 11.2. The Kier molecular flexibility index (Phi) is 5.79. The topological polar surface area (TPSA) is 72.0 Å². The van der Waals surface area contributed by atoms with E-state index in [0.717, 1.165) is 27.1 Å². The van der Waals surface area contributed by atoms with Crippen LogP contribution in [-0.4, -0.2) is 23.7 Å². The molecule has 0 aromatic carbocycles. The zero-order valence-electron chi connectivity index (χ0n) is 9.58. The smallest absolute Gasteiger partial charge is 0.135 e. The lowest BCUT2D eigenvalue weighted by atomic mass is 10.3. The Morgan fingerprint density at radius 3 is 2.94 bits per heavy atom. The SMILES string of the molecule is CCCSCc1nc(COC)c(C(=N)N)s1. The number of ether oxygens (including phenoxy) is 1. The molecule has 0 amide bonds. The Bertz CT molecular complexity index is 352. The van der Waals surface area contributed by atoms with Gasteiger partial charge in [0.2, 0.25) is 0 Å². The standard InChI is InChI=1S/C10H17N3OS2/c1-3-4-15-6-8-13-7(5-14-2)9(16-8)10(11)12/h3-6H2,1-2H3,(H3,11,12). The molecule has 16 heavy (non-hydrogen) atoms. The van der Waals surface area contributed by atoms with Crippen LogP contribution in [0, 0.1) is 5.41 Å². The van der Waals surface area contributed by atoms with E-state index in [9.17, 15) is 0 Å². The summed E-state index contributed by atoms with van der Waals surface area (Å²) in [4.78, 5) is 5.19. The average Bonchev–Trinajstić information content (AvgIpc) is 2.62. The number of nitrogens with one attached hydrogen (secondary N) is 1. The van der Waals surface area contributed by atoms with Crippen LogP contribution < -0.4 is 5.73 Å². The number of methoxy groups -OCH3 is 1. The van der Waals surface area contributed by atoms with Crippen molar-refractivity contribution < 1.29 is 4.74 Å². The maximum absolute atomic E-state index is 7.47. The molecule has 0 aliphatic heterocycles. The van der Waals surface area contributed by atoms with Gasteiger partial charge in [0.15, 0.2) is 0 Å². The van der Waals surface area contributed by atoms with Crippen molar-refractivity contribution in [3.8, 4) is 0 Å². The van der Waals surface area contributed by atoms with E-state index in [4.69, 9.17) is 15.9 Å². The monoisotopic (exact) mass is 259 g/mol. The molecule has 1 rings (SSSR count). The van der Waals surface area contributed by atoms with Crippen LogP contribution in [-0.2, 0) is 17.1 Å². The van der Waals surface area contributed by atoms with Gasteiger partial charge in [-0.15, -0.1) is 11.3 Å². The van der Waals surface area contributed by atoms with E-state index in [0.29, 0.717) is 6.61 Å². The number of nitrogens with two attached hydrogens (primary N) is 1. The summed E-state index contributed by atoms with van der Waals surface area (Å²) in [5, 5.41) is 8.49. The van der Waals surface area contributed by atoms with Crippen LogP contribution in [0.4, 0.5) is 0 Å². The molecule has 4 nitrogen and oxygen atoms in total. The van der Waals surface area contributed by atoms with Crippen molar-refractivity contribution in [2.45, 2.75) is 25.7 Å². The minimum absolute atomic E-state index is 0.0799. The maximum atomic E-state index is 7.47. The molecule has 0 bridgehead atoms. The first kappa shape index (κ1) is 13.5. The summed E-state index contributed by atoms with van der Waals surface area (Å²) in [6, 6.07) is 0. The van der Waals surface area contributed by atoms with Gasteiger partial charge in [-0.3, -0.25) is 5.41 Å². The van der Waals surface area contributed by atoms with E-state index in [2.05, 4.69) is 11.9 Å². The van der Waals surface area contributed by atoms with Crippen LogP contribution in [0.15, 0.2) is 0 Å². The van der Waals surface area contributed by atoms with Crippen molar-refractivity contribution in [2.75, 3.05) is 12.9 Å². The van der Waals surface area contributed by atoms with Gasteiger partial charge in [0.05, 0.1) is 17.2 Å². The highest BCUT2D eigenvalue weighted by Gasteiger charge is 2.13. The number of rotatable bonds is 7. The Labute approximate surface area is 104 Å². The van der Waals surface area contributed by atoms with E-state index < -0.39 is 0 Å². The number of nitrogens with zero attached hydrogens (tertiary/aromatic N) is 1. The van der Waals surface area contributed by atoms with Gasteiger partial charge in [0.1, 0.15) is 10.8 Å². The normalized spacial score (nSPS) is 10.6. The zero-order chi connectivity index (χ0) is 12.0. The van der Waals surface area contributed by atoms with Crippen LogP contribution in [0.5, 0.6) is 0 Å². The molecule has 0 saturated carbocycles. The summed E-state index contributed by atoms with van der Waals surface area (Å²) in [7, 11) is 1.62. The van der Waals surface area contributed by atoms with Gasteiger partial charge in [-0.25, -0.2) is 4.98 Å². The lowest BCUT2D eigenvalue weighted by Gasteiger charge is -1.97. The first-order chi connectivity index (χ1) is 7.69. The summed E-state index contributed by atoms with van der Waals surface area (Å²) in [5.41, 5.74) is 6.29. The van der Waals surface area contributed by atoms with Gasteiger partial charge in [0.25, 0.3) is 0 Å². The quantitative estimate of drug-likeness (QED) is 0.447. The van der Waals surface area contributed by atoms with E-state index in [1.165, 1.54) is 17.8 Å². The van der Waals surface area contributed by atoms with Crippen molar-refractivity contribution in [1.82, 2.24) is 4.98 Å². The van der Waals surface area contributed by atoms with Gasteiger partial charge < -0.3 is 10.5 Å². The van der Waals surface area contributed by atoms with Crippen LogP contribution in [0.2, 0.25) is 0 Å². The van der Waals surface area contributed by atoms with Gasteiger partial charge in [-0.1, -0.05) is 6.92 Å². The molecule has 0 unspecified atom stereocenters. The molecule has 0 aliphatic rings. The van der Waals surface area contributed by atoms with Crippen molar-refractivity contribution >= 4 is 28.9 Å². The summed E-state index contributed by atoms with van der Waals surface area (Å²) in [6.45, 7) is 2.58. The molecule has 0 atom stereocenters. The third kappa shape index (κ3) is 3.77. The molecule has 1 heterocycles. The van der Waals surface area contributed by atoms with Gasteiger partial charge in [0, 0.05) is 12.9 Å². The number of amidine groups is 1. The molecular weight excluding hydrogens is 242 g/mol. The van der Waals surface area contributed by atoms with Crippen molar-refractivity contribution in [3.05, 3.63) is 15.6 Å². The maximum Gasteiger partial charge on any atom is 0.135 e. The third-order valence-corrected chi connectivity index (χ3v) is 4.33. The number of thioether (sulfide) groups is 1. The Hall–Kier alpha value is -0.590. The lowest BCUT2D eigenvalue weighted by Crippen LogP contribution is -2.11. The van der Waals surface area contributed by atoms with Crippen molar-refractivity contribution in [2.24, 2.45) is 5.73 Å². The molecule has 90 valence electrons.